The number of nitrogens with zero attached hydrogens (tertiary/aromatic N) is 4. The van der Waals surface area contributed by atoms with Crippen LogP contribution in [0.4, 0.5) is 17.1 Å². The molecule has 0 fully saturated rings. The molecular weight excluding hydrogens is 415 g/mol. The Hall–Kier alpha value is -2.78. The molecule has 4 aromatic rings. The van der Waals surface area contributed by atoms with Crippen LogP contribution in [0, 0.1) is 0 Å². The van der Waals surface area contributed by atoms with Gasteiger partial charge in [-0.3, -0.25) is 14.5 Å². The molecule has 1 aromatic heterocycles. The number of aromatic nitrogens is 4. The van der Waals surface area contributed by atoms with Crippen LogP contribution in [0.3, 0.4) is 0 Å². The van der Waals surface area contributed by atoms with Gasteiger partial charge in [-0.25, -0.2) is 5.10 Å². The predicted octanol–water partition coefficient (Wildman–Crippen LogP) is 3.03. The van der Waals surface area contributed by atoms with Gasteiger partial charge in [-0.2, -0.15) is 0 Å². The molecule has 8 nitrogen and oxygen atoms in total. The molecule has 1 aliphatic rings. The maximum atomic E-state index is 13.0. The van der Waals surface area contributed by atoms with E-state index in [1.54, 1.807) is 24.3 Å². The van der Waals surface area contributed by atoms with Gasteiger partial charge in [0, 0.05) is 10.9 Å². The minimum atomic E-state index is -0.383. The van der Waals surface area contributed by atoms with Crippen molar-refractivity contribution in [2.75, 3.05) is 10.2 Å². The number of tetrazole rings is 1. The van der Waals surface area contributed by atoms with Crippen LogP contribution in [-0.4, -0.2) is 62.0 Å². The van der Waals surface area contributed by atoms with E-state index in [2.05, 4.69) is 25.9 Å². The molecule has 0 bridgehead atoms. The second-order valence-corrected chi connectivity index (χ2v) is 6.96. The monoisotopic (exact) mass is 428 g/mol. The standard InChI is InChI=1S/C20H13ClN6O2.Na.H/c21-14-7-5-12(20-23-25-26-24-20)9-16(14)27-15-8-6-11-3-1-2-4-13(11)19(15)22-17(28)10-18(27)29;;/h1-9H,10H2,(H,22,28)(H,23,24,25,26);;. The van der Waals surface area contributed by atoms with Crippen molar-refractivity contribution >= 4 is 80.8 Å². The fourth-order valence-corrected chi connectivity index (χ4v) is 3.69. The molecule has 0 saturated carbocycles. The summed E-state index contributed by atoms with van der Waals surface area (Å²) >= 11 is 6.47. The van der Waals surface area contributed by atoms with E-state index in [0.717, 1.165) is 10.8 Å². The number of halogens is 1. The van der Waals surface area contributed by atoms with Gasteiger partial charge in [-0.05, 0) is 40.1 Å². The molecular formula is C20H14ClN6NaO2. The number of benzene rings is 3. The molecule has 0 atom stereocenters. The molecule has 144 valence electrons. The molecule has 0 aliphatic carbocycles. The Morgan fingerprint density at radius 1 is 1.00 bits per heavy atom. The Labute approximate surface area is 197 Å². The van der Waals surface area contributed by atoms with Gasteiger partial charge in [-0.15, -0.1) is 5.10 Å². The zero-order chi connectivity index (χ0) is 20.0. The van der Waals surface area contributed by atoms with Crippen LogP contribution < -0.4 is 10.2 Å². The summed E-state index contributed by atoms with van der Waals surface area (Å²) in [7, 11) is 0. The molecule has 0 unspecified atom stereocenters. The second kappa shape index (κ2) is 8.16. The van der Waals surface area contributed by atoms with Gasteiger partial charge in [0.15, 0.2) is 5.82 Å². The van der Waals surface area contributed by atoms with Crippen molar-refractivity contribution in [1.82, 2.24) is 20.6 Å². The molecule has 1 aliphatic heterocycles. The van der Waals surface area contributed by atoms with Crippen LogP contribution in [0.25, 0.3) is 22.2 Å². The van der Waals surface area contributed by atoms with Gasteiger partial charge in [0.2, 0.25) is 11.8 Å². The maximum absolute atomic E-state index is 13.0. The number of carbonyl (C=O) groups excluding carboxylic acids is 2. The van der Waals surface area contributed by atoms with Gasteiger partial charge in [0.1, 0.15) is 6.42 Å². The quantitative estimate of drug-likeness (QED) is 0.377. The number of fused-ring (bicyclic) bond motifs is 3. The summed E-state index contributed by atoms with van der Waals surface area (Å²) in [6.07, 6.45) is -0.298. The van der Waals surface area contributed by atoms with E-state index in [-0.39, 0.29) is 47.8 Å². The van der Waals surface area contributed by atoms with E-state index in [9.17, 15) is 9.59 Å². The summed E-state index contributed by atoms with van der Waals surface area (Å²) < 4.78 is 0. The van der Waals surface area contributed by atoms with Gasteiger partial charge in [0.05, 0.1) is 22.1 Å². The van der Waals surface area contributed by atoms with E-state index in [0.29, 0.717) is 33.5 Å². The van der Waals surface area contributed by atoms with Gasteiger partial charge in [-0.1, -0.05) is 41.9 Å². The van der Waals surface area contributed by atoms with Crippen LogP contribution in [0.1, 0.15) is 6.42 Å². The van der Waals surface area contributed by atoms with Gasteiger partial charge < -0.3 is 5.32 Å². The fraction of sp³-hybridized carbons (Fsp3) is 0.0500. The van der Waals surface area contributed by atoms with Crippen LogP contribution >= 0.6 is 11.6 Å². The normalized spacial score (nSPS) is 13.4. The summed E-state index contributed by atoms with van der Waals surface area (Å²) in [5.41, 5.74) is 2.22. The average molecular weight is 429 g/mol. The van der Waals surface area contributed by atoms with Crippen LogP contribution in [0.5, 0.6) is 0 Å². The number of hydrogen-bond donors (Lipinski definition) is 2. The zero-order valence-corrected chi connectivity index (χ0v) is 15.6. The molecule has 2 heterocycles. The zero-order valence-electron chi connectivity index (χ0n) is 14.9. The summed E-state index contributed by atoms with van der Waals surface area (Å²) in [6, 6.07) is 16.5. The van der Waals surface area contributed by atoms with E-state index >= 15 is 0 Å². The third-order valence-corrected chi connectivity index (χ3v) is 5.10. The van der Waals surface area contributed by atoms with Crippen LogP contribution in [0.15, 0.2) is 54.6 Å². The number of carbonyl (C=O) groups is 2. The molecule has 5 rings (SSSR count). The number of rotatable bonds is 2. The van der Waals surface area contributed by atoms with Gasteiger partial charge >= 0.3 is 29.6 Å². The van der Waals surface area contributed by atoms with Crippen LogP contribution in [0.2, 0.25) is 5.02 Å². The van der Waals surface area contributed by atoms with E-state index in [1.807, 2.05) is 30.3 Å². The minimum absolute atomic E-state index is 0. The van der Waals surface area contributed by atoms with Crippen molar-refractivity contribution in [1.29, 1.82) is 0 Å². The number of H-pyrrole nitrogens is 1. The van der Waals surface area contributed by atoms with Crippen molar-refractivity contribution < 1.29 is 9.59 Å². The molecule has 10 heteroatoms. The second-order valence-electron chi connectivity index (χ2n) is 6.55. The number of amides is 2. The first-order valence-corrected chi connectivity index (χ1v) is 9.18. The third-order valence-electron chi connectivity index (χ3n) is 4.78. The topological polar surface area (TPSA) is 104 Å². The van der Waals surface area contributed by atoms with Gasteiger partial charge in [0.25, 0.3) is 0 Å². The number of nitrogens with one attached hydrogen (secondary N) is 2. The van der Waals surface area contributed by atoms with Crippen molar-refractivity contribution in [2.24, 2.45) is 0 Å². The SMILES string of the molecule is O=C1CC(=O)N(c2cc(-c3nnn[nH]3)ccc2Cl)c2ccc3ccccc3c2N1.[NaH]. The van der Waals surface area contributed by atoms with E-state index in [4.69, 9.17) is 11.6 Å². The molecule has 2 N–H and O–H groups in total. The Morgan fingerprint density at radius 3 is 2.63 bits per heavy atom. The Morgan fingerprint density at radius 2 is 1.83 bits per heavy atom. The van der Waals surface area contributed by atoms with Crippen LogP contribution in [-0.2, 0) is 9.59 Å². The molecule has 0 spiro atoms. The van der Waals surface area contributed by atoms with E-state index < -0.39 is 0 Å². The number of anilines is 3. The molecule has 2 amide bonds. The fourth-order valence-electron chi connectivity index (χ4n) is 3.49. The first kappa shape index (κ1) is 20.5. The van der Waals surface area contributed by atoms with E-state index in [1.165, 1.54) is 4.90 Å². The number of aromatic amines is 1. The molecule has 30 heavy (non-hydrogen) atoms. The van der Waals surface area contributed by atoms with Crippen molar-refractivity contribution in [2.45, 2.75) is 6.42 Å². The first-order valence-electron chi connectivity index (χ1n) is 8.80. The summed E-state index contributed by atoms with van der Waals surface area (Å²) in [6.45, 7) is 0. The Balaban J connectivity index is 0.00000218. The van der Waals surface area contributed by atoms with Crippen molar-refractivity contribution in [3.63, 3.8) is 0 Å². The average Bonchev–Trinajstić information content (AvgIpc) is 3.21. The predicted molar refractivity (Wildman–Crippen MR) is 116 cm³/mol. The third kappa shape index (κ3) is 3.48. The first-order chi connectivity index (χ1) is 14.1. The molecule has 0 radical (unpaired) electrons. The summed E-state index contributed by atoms with van der Waals surface area (Å²) in [5.74, 6) is -0.314. The molecule has 0 saturated heterocycles. The Bertz CT molecular complexity index is 1280. The molecule has 3 aromatic carbocycles. The number of hydrogen-bond acceptors (Lipinski definition) is 5. The Kier molecular flexibility index (Phi) is 5.57. The van der Waals surface area contributed by atoms with Crippen molar-refractivity contribution in [3.8, 4) is 11.4 Å². The van der Waals surface area contributed by atoms with Crippen molar-refractivity contribution in [3.05, 3.63) is 59.6 Å². The summed E-state index contributed by atoms with van der Waals surface area (Å²) in [4.78, 5) is 26.9. The summed E-state index contributed by atoms with van der Waals surface area (Å²) in [5, 5.41) is 18.8.